The first-order valence-electron chi connectivity index (χ1n) is 9.14. The number of primary amides is 2. The molecule has 9 N–H and O–H groups in total. The highest BCUT2D eigenvalue weighted by Gasteiger charge is 2.26. The lowest BCUT2D eigenvalue weighted by atomic mass is 10.0. The molecule has 0 aromatic carbocycles. The van der Waals surface area contributed by atoms with Crippen LogP contribution in [0.5, 0.6) is 0 Å². The zero-order chi connectivity index (χ0) is 23.3. The molecule has 0 aliphatic heterocycles. The van der Waals surface area contributed by atoms with Crippen LogP contribution in [0.3, 0.4) is 0 Å². The van der Waals surface area contributed by atoms with Gasteiger partial charge in [-0.05, 0) is 25.3 Å². The maximum absolute atomic E-state index is 12.5. The molecule has 0 fully saturated rings. The fraction of sp³-hybridized carbons (Fsp3) is 0.500. The van der Waals surface area contributed by atoms with Crippen molar-refractivity contribution >= 4 is 41.4 Å². The summed E-state index contributed by atoms with van der Waals surface area (Å²) in [5.41, 5.74) is 15.7. The van der Waals surface area contributed by atoms with Gasteiger partial charge in [0.1, 0.15) is 12.1 Å². The van der Waals surface area contributed by atoms with Gasteiger partial charge in [0.15, 0.2) is 11.6 Å². The normalized spacial score (nSPS) is 13.2. The summed E-state index contributed by atoms with van der Waals surface area (Å²) in [6.45, 7) is 3.31. The zero-order valence-corrected chi connectivity index (χ0v) is 16.5. The third-order valence-electron chi connectivity index (χ3n) is 4.11. The van der Waals surface area contributed by atoms with Crippen LogP contribution in [-0.4, -0.2) is 59.5 Å². The van der Waals surface area contributed by atoms with Gasteiger partial charge in [-0.15, -0.1) is 0 Å². The fourth-order valence-electron chi connectivity index (χ4n) is 2.27. The van der Waals surface area contributed by atoms with Gasteiger partial charge in [0, 0.05) is 19.3 Å². The van der Waals surface area contributed by atoms with Gasteiger partial charge in [-0.2, -0.15) is 0 Å². The lowest BCUT2D eigenvalue weighted by molar-refractivity contribution is -0.132. The summed E-state index contributed by atoms with van der Waals surface area (Å²) in [6.07, 6.45) is 0.884. The molecule has 166 valence electrons. The first-order chi connectivity index (χ1) is 14.0. The van der Waals surface area contributed by atoms with E-state index in [0.717, 1.165) is 6.08 Å². The van der Waals surface area contributed by atoms with E-state index in [1.807, 2.05) is 0 Å². The predicted octanol–water partition coefficient (Wildman–Crippen LogP) is -2.43. The molecule has 0 aromatic heterocycles. The van der Waals surface area contributed by atoms with Gasteiger partial charge in [-0.1, -0.05) is 6.58 Å². The van der Waals surface area contributed by atoms with Crippen molar-refractivity contribution < 1.29 is 28.8 Å². The number of carbonyl (C=O) groups is 6. The molecule has 0 spiro atoms. The van der Waals surface area contributed by atoms with Crippen LogP contribution in [-0.2, 0) is 28.8 Å². The van der Waals surface area contributed by atoms with Crippen LogP contribution in [0.15, 0.2) is 12.7 Å². The molecule has 30 heavy (non-hydrogen) atoms. The van der Waals surface area contributed by atoms with Crippen molar-refractivity contribution in [3.63, 3.8) is 0 Å². The minimum absolute atomic E-state index is 0.0531. The van der Waals surface area contributed by atoms with Crippen molar-refractivity contribution in [3.05, 3.63) is 12.7 Å². The molecule has 12 nitrogen and oxygen atoms in total. The van der Waals surface area contributed by atoms with Gasteiger partial charge in [0.2, 0.25) is 23.6 Å². The van der Waals surface area contributed by atoms with E-state index < -0.39 is 47.5 Å². The summed E-state index contributed by atoms with van der Waals surface area (Å²) >= 11 is 0. The maximum atomic E-state index is 12.5. The Morgan fingerprint density at radius 2 is 1.40 bits per heavy atom. The number of amides is 4. The quantitative estimate of drug-likeness (QED) is 0.116. The van der Waals surface area contributed by atoms with E-state index >= 15 is 0 Å². The highest BCUT2D eigenvalue weighted by molar-refractivity contribution is 6.26. The smallest absolute Gasteiger partial charge is 0.243 e. The molecule has 4 amide bonds. The Hall–Kier alpha value is -3.41. The summed E-state index contributed by atoms with van der Waals surface area (Å²) in [5, 5.41) is 11.7. The number of carbonyl (C=O) groups excluding carboxylic acids is 6. The van der Waals surface area contributed by atoms with Crippen molar-refractivity contribution in [2.24, 2.45) is 17.2 Å². The maximum Gasteiger partial charge on any atom is 0.243 e. The molecule has 0 unspecified atom stereocenters. The van der Waals surface area contributed by atoms with Gasteiger partial charge in [-0.25, -0.2) is 0 Å². The number of ketones is 2. The molecule has 0 aromatic rings. The monoisotopic (exact) mass is 424 g/mol. The Morgan fingerprint density at radius 3 is 1.90 bits per heavy atom. The molecule has 0 heterocycles. The standard InChI is InChI=1S/C18H28N6O6/c1-2-10(25)3-6-13(17(22)29)24-18(30)14(7-4-11(26)9-19)23-15(27)8-5-12(20)16(21)28/h2,9,12-14,19H,1,3-8,20H2,(H2,21,28)(H2,22,29)(H,23,27)(H,24,30)/t12-,13-,14-/m0/s1. The van der Waals surface area contributed by atoms with Crippen LogP contribution < -0.4 is 27.8 Å². The first kappa shape index (κ1) is 26.6. The summed E-state index contributed by atoms with van der Waals surface area (Å²) in [4.78, 5) is 69.9. The lowest BCUT2D eigenvalue weighted by Gasteiger charge is -2.22. The van der Waals surface area contributed by atoms with E-state index in [2.05, 4.69) is 17.2 Å². The second kappa shape index (κ2) is 13.7. The number of nitrogens with two attached hydrogens (primary N) is 3. The summed E-state index contributed by atoms with van der Waals surface area (Å²) < 4.78 is 0. The highest BCUT2D eigenvalue weighted by atomic mass is 16.2. The van der Waals surface area contributed by atoms with Crippen molar-refractivity contribution in [3.8, 4) is 0 Å². The molecule has 3 atom stereocenters. The van der Waals surface area contributed by atoms with Gasteiger partial charge in [0.05, 0.1) is 12.3 Å². The molecule has 0 saturated carbocycles. The van der Waals surface area contributed by atoms with Gasteiger partial charge >= 0.3 is 0 Å². The Bertz CT molecular complexity index is 707. The second-order valence-electron chi connectivity index (χ2n) is 6.49. The topological polar surface area (TPSA) is 228 Å². The average Bonchev–Trinajstić information content (AvgIpc) is 2.70. The average molecular weight is 424 g/mol. The third kappa shape index (κ3) is 10.8. The molecule has 0 aliphatic carbocycles. The van der Waals surface area contributed by atoms with E-state index in [4.69, 9.17) is 22.6 Å². The fourth-order valence-corrected chi connectivity index (χ4v) is 2.27. The van der Waals surface area contributed by atoms with Crippen molar-refractivity contribution in [2.75, 3.05) is 0 Å². The molecule has 0 saturated heterocycles. The van der Waals surface area contributed by atoms with Gasteiger partial charge in [-0.3, -0.25) is 28.8 Å². The van der Waals surface area contributed by atoms with Crippen molar-refractivity contribution in [1.29, 1.82) is 5.41 Å². The molecule has 0 radical (unpaired) electrons. The predicted molar refractivity (Wildman–Crippen MR) is 107 cm³/mol. The van der Waals surface area contributed by atoms with Crippen molar-refractivity contribution in [2.45, 2.75) is 56.7 Å². The Kier molecular flexibility index (Phi) is 12.2. The van der Waals surface area contributed by atoms with Crippen LogP contribution in [0.2, 0.25) is 0 Å². The molecule has 12 heteroatoms. The number of allylic oxidation sites excluding steroid dienone is 1. The SMILES string of the molecule is C=CC(=O)CC[C@H](NC(=O)[C@H](CCC(=O)C=N)NC(=O)CC[C@H](N)C(N)=O)C(N)=O. The Morgan fingerprint density at radius 1 is 0.833 bits per heavy atom. The lowest BCUT2D eigenvalue weighted by Crippen LogP contribution is -2.53. The van der Waals surface area contributed by atoms with Crippen LogP contribution in [0.25, 0.3) is 0 Å². The van der Waals surface area contributed by atoms with Crippen LogP contribution in [0.4, 0.5) is 0 Å². The zero-order valence-electron chi connectivity index (χ0n) is 16.5. The van der Waals surface area contributed by atoms with E-state index in [-0.39, 0.29) is 44.3 Å². The second-order valence-corrected chi connectivity index (χ2v) is 6.49. The van der Waals surface area contributed by atoms with E-state index in [1.165, 1.54) is 0 Å². The number of hydrogen-bond donors (Lipinski definition) is 6. The first-order valence-corrected chi connectivity index (χ1v) is 9.14. The van der Waals surface area contributed by atoms with Gasteiger partial charge < -0.3 is 33.2 Å². The largest absolute Gasteiger partial charge is 0.368 e. The molecule has 0 bridgehead atoms. The Labute approximate surface area is 173 Å². The summed E-state index contributed by atoms with van der Waals surface area (Å²) in [7, 11) is 0. The van der Waals surface area contributed by atoms with Crippen molar-refractivity contribution in [1.82, 2.24) is 10.6 Å². The summed E-state index contributed by atoms with van der Waals surface area (Å²) in [5.74, 6) is -4.01. The molecular formula is C18H28N6O6. The van der Waals surface area contributed by atoms with E-state index in [1.54, 1.807) is 0 Å². The van der Waals surface area contributed by atoms with Crippen LogP contribution in [0.1, 0.15) is 38.5 Å². The molecule has 0 rings (SSSR count). The van der Waals surface area contributed by atoms with Crippen LogP contribution in [0, 0.1) is 5.41 Å². The minimum Gasteiger partial charge on any atom is -0.368 e. The number of rotatable bonds is 16. The number of Topliss-reactive ketones (excluding diaryl/α,β-unsaturated/α-hetero) is 1. The number of nitrogens with one attached hydrogen (secondary N) is 3. The van der Waals surface area contributed by atoms with Crippen LogP contribution >= 0.6 is 0 Å². The highest BCUT2D eigenvalue weighted by Crippen LogP contribution is 2.05. The van der Waals surface area contributed by atoms with E-state index in [9.17, 15) is 28.8 Å². The molecule has 0 aliphatic rings. The van der Waals surface area contributed by atoms with Gasteiger partial charge in [0.25, 0.3) is 0 Å². The summed E-state index contributed by atoms with van der Waals surface area (Å²) in [6, 6.07) is -3.44. The molecular weight excluding hydrogens is 396 g/mol. The third-order valence-corrected chi connectivity index (χ3v) is 4.11. The minimum atomic E-state index is -1.22. The van der Waals surface area contributed by atoms with E-state index in [0.29, 0.717) is 6.21 Å². The Balaban J connectivity index is 5.12. The number of hydrogen-bond acceptors (Lipinski definition) is 8.